The predicted octanol–water partition coefficient (Wildman–Crippen LogP) is 2.83. The van der Waals surface area contributed by atoms with Crippen molar-refractivity contribution in [2.45, 2.75) is 6.42 Å². The second-order valence-electron chi connectivity index (χ2n) is 2.77. The van der Waals surface area contributed by atoms with Gasteiger partial charge in [-0.25, -0.2) is 8.78 Å². The van der Waals surface area contributed by atoms with Gasteiger partial charge in [0.15, 0.2) is 0 Å². The lowest BCUT2D eigenvalue weighted by Crippen LogP contribution is -1.99. The Morgan fingerprint density at radius 3 is 2.47 bits per heavy atom. The van der Waals surface area contributed by atoms with E-state index in [0.29, 0.717) is 0 Å². The Morgan fingerprint density at radius 2 is 2.00 bits per heavy atom. The summed E-state index contributed by atoms with van der Waals surface area (Å²) in [6.07, 6.45) is 0.0335. The molecule has 0 atom stereocenters. The summed E-state index contributed by atoms with van der Waals surface area (Å²) in [5.74, 6) is -1.27. The van der Waals surface area contributed by atoms with Gasteiger partial charge in [-0.1, -0.05) is 5.11 Å². The maximum atomic E-state index is 13.3. The number of benzene rings is 1. The molecule has 0 aliphatic heterocycles. The van der Waals surface area contributed by atoms with Crippen molar-refractivity contribution in [1.82, 2.24) is 0 Å². The molecule has 80 valence electrons. The van der Waals surface area contributed by atoms with Crippen LogP contribution >= 0.6 is 0 Å². The highest BCUT2D eigenvalue weighted by molar-refractivity contribution is 5.30. The summed E-state index contributed by atoms with van der Waals surface area (Å²) < 4.78 is 31.2. The third-order valence-corrected chi connectivity index (χ3v) is 1.88. The summed E-state index contributed by atoms with van der Waals surface area (Å²) >= 11 is 0. The van der Waals surface area contributed by atoms with Gasteiger partial charge in [0.1, 0.15) is 17.4 Å². The molecule has 0 aliphatic carbocycles. The van der Waals surface area contributed by atoms with E-state index in [2.05, 4.69) is 10.0 Å². The molecule has 0 spiro atoms. The Kier molecular flexibility index (Phi) is 3.88. The molecule has 0 heterocycles. The summed E-state index contributed by atoms with van der Waals surface area (Å²) in [5, 5.41) is 3.21. The van der Waals surface area contributed by atoms with E-state index >= 15 is 0 Å². The number of rotatable bonds is 4. The highest BCUT2D eigenvalue weighted by Gasteiger charge is 2.10. The number of nitrogens with zero attached hydrogens (tertiary/aromatic N) is 3. The van der Waals surface area contributed by atoms with Gasteiger partial charge >= 0.3 is 0 Å². The van der Waals surface area contributed by atoms with Gasteiger partial charge < -0.3 is 4.74 Å². The maximum absolute atomic E-state index is 13.3. The number of methoxy groups -OCH3 is 1. The third kappa shape index (κ3) is 2.82. The van der Waals surface area contributed by atoms with Gasteiger partial charge in [0.25, 0.3) is 0 Å². The molecule has 0 N–H and O–H groups in total. The summed E-state index contributed by atoms with van der Waals surface area (Å²) in [4.78, 5) is 2.50. The molecular formula is C9H9F2N3O. The standard InChI is InChI=1S/C9H9F2N3O/c1-15-6-4-8(10)7(9(11)5-6)2-3-13-14-12/h4-5H,2-3H2,1H3. The first-order valence-corrected chi connectivity index (χ1v) is 4.21. The van der Waals surface area contributed by atoms with Crippen LogP contribution in [0.5, 0.6) is 5.75 Å². The number of azide groups is 1. The molecule has 0 radical (unpaired) electrons. The zero-order chi connectivity index (χ0) is 11.3. The van der Waals surface area contributed by atoms with E-state index in [0.717, 1.165) is 12.1 Å². The molecule has 15 heavy (non-hydrogen) atoms. The molecule has 4 nitrogen and oxygen atoms in total. The van der Waals surface area contributed by atoms with Crippen molar-refractivity contribution in [3.63, 3.8) is 0 Å². The highest BCUT2D eigenvalue weighted by Crippen LogP contribution is 2.20. The van der Waals surface area contributed by atoms with Crippen molar-refractivity contribution >= 4 is 0 Å². The third-order valence-electron chi connectivity index (χ3n) is 1.88. The normalized spacial score (nSPS) is 9.53. The Hall–Kier alpha value is -1.81. The van der Waals surface area contributed by atoms with Gasteiger partial charge in [0.2, 0.25) is 0 Å². The average molecular weight is 213 g/mol. The lowest BCUT2D eigenvalue weighted by atomic mass is 10.1. The summed E-state index contributed by atoms with van der Waals surface area (Å²) in [6.45, 7) is 0.0245. The van der Waals surface area contributed by atoms with Crippen LogP contribution in [-0.2, 0) is 6.42 Å². The predicted molar refractivity (Wildman–Crippen MR) is 50.6 cm³/mol. The van der Waals surface area contributed by atoms with E-state index in [1.165, 1.54) is 7.11 Å². The van der Waals surface area contributed by atoms with Gasteiger partial charge in [-0.15, -0.1) is 0 Å². The molecule has 0 amide bonds. The van der Waals surface area contributed by atoms with Crippen molar-refractivity contribution in [3.8, 4) is 5.75 Å². The van der Waals surface area contributed by atoms with E-state index in [1.807, 2.05) is 0 Å². The minimum absolute atomic E-state index is 0.0245. The van der Waals surface area contributed by atoms with Gasteiger partial charge in [-0.05, 0) is 12.0 Å². The minimum atomic E-state index is -0.694. The van der Waals surface area contributed by atoms with Crippen molar-refractivity contribution in [1.29, 1.82) is 0 Å². The first-order chi connectivity index (χ1) is 7.19. The maximum Gasteiger partial charge on any atom is 0.133 e. The summed E-state index contributed by atoms with van der Waals surface area (Å²) in [7, 11) is 1.33. The smallest absolute Gasteiger partial charge is 0.133 e. The number of hydrogen-bond acceptors (Lipinski definition) is 2. The SMILES string of the molecule is COc1cc(F)c(CCN=[N+]=[N-])c(F)c1. The van der Waals surface area contributed by atoms with Gasteiger partial charge in [0.05, 0.1) is 7.11 Å². The van der Waals surface area contributed by atoms with E-state index in [4.69, 9.17) is 10.3 Å². The van der Waals surface area contributed by atoms with Crippen LogP contribution in [0.1, 0.15) is 5.56 Å². The van der Waals surface area contributed by atoms with E-state index in [9.17, 15) is 8.78 Å². The molecule has 0 saturated carbocycles. The molecule has 0 fully saturated rings. The van der Waals surface area contributed by atoms with Gasteiger partial charge in [-0.2, -0.15) is 0 Å². The van der Waals surface area contributed by atoms with Crippen molar-refractivity contribution in [3.05, 3.63) is 39.8 Å². The fraction of sp³-hybridized carbons (Fsp3) is 0.333. The minimum Gasteiger partial charge on any atom is -0.497 e. The Labute approximate surface area is 85.1 Å². The van der Waals surface area contributed by atoms with Crippen LogP contribution in [0.15, 0.2) is 17.2 Å². The summed E-state index contributed by atoms with van der Waals surface area (Å²) in [5.41, 5.74) is 7.92. The first-order valence-electron chi connectivity index (χ1n) is 4.21. The second-order valence-corrected chi connectivity index (χ2v) is 2.77. The van der Waals surface area contributed by atoms with Gasteiger partial charge in [-0.3, -0.25) is 0 Å². The van der Waals surface area contributed by atoms with E-state index < -0.39 is 11.6 Å². The quantitative estimate of drug-likeness (QED) is 0.431. The van der Waals surface area contributed by atoms with Crippen LogP contribution in [0.2, 0.25) is 0 Å². The number of halogens is 2. The number of ether oxygens (including phenoxy) is 1. The van der Waals surface area contributed by atoms with E-state index in [1.54, 1.807) is 0 Å². The van der Waals surface area contributed by atoms with Crippen LogP contribution in [0.3, 0.4) is 0 Å². The molecule has 6 heteroatoms. The Morgan fingerprint density at radius 1 is 1.40 bits per heavy atom. The largest absolute Gasteiger partial charge is 0.497 e. The van der Waals surface area contributed by atoms with Crippen LogP contribution in [-0.4, -0.2) is 13.7 Å². The molecule has 0 unspecified atom stereocenters. The monoisotopic (exact) mass is 213 g/mol. The zero-order valence-electron chi connectivity index (χ0n) is 8.07. The fourth-order valence-electron chi connectivity index (χ4n) is 1.14. The molecule has 0 saturated heterocycles. The lowest BCUT2D eigenvalue weighted by molar-refractivity contribution is 0.405. The second kappa shape index (κ2) is 5.17. The number of hydrogen-bond donors (Lipinski definition) is 0. The van der Waals surface area contributed by atoms with Crippen LogP contribution in [0.25, 0.3) is 10.4 Å². The Bertz CT molecular complexity index is 379. The average Bonchev–Trinajstić information content (AvgIpc) is 2.22. The fourth-order valence-corrected chi connectivity index (χ4v) is 1.14. The molecule has 0 bridgehead atoms. The van der Waals surface area contributed by atoms with Crippen molar-refractivity contribution in [2.24, 2.45) is 5.11 Å². The highest BCUT2D eigenvalue weighted by atomic mass is 19.1. The van der Waals surface area contributed by atoms with Crippen molar-refractivity contribution < 1.29 is 13.5 Å². The molecule has 1 rings (SSSR count). The molecular weight excluding hydrogens is 204 g/mol. The van der Waals surface area contributed by atoms with Crippen LogP contribution in [0.4, 0.5) is 8.78 Å². The van der Waals surface area contributed by atoms with Crippen LogP contribution in [0, 0.1) is 11.6 Å². The zero-order valence-corrected chi connectivity index (χ0v) is 8.07. The molecule has 0 aliphatic rings. The molecule has 1 aromatic carbocycles. The summed E-state index contributed by atoms with van der Waals surface area (Å²) in [6, 6.07) is 2.18. The first kappa shape index (κ1) is 11.3. The Balaban J connectivity index is 2.92. The molecule has 0 aromatic heterocycles. The van der Waals surface area contributed by atoms with Crippen molar-refractivity contribution in [2.75, 3.05) is 13.7 Å². The van der Waals surface area contributed by atoms with Crippen LogP contribution < -0.4 is 4.74 Å². The topological polar surface area (TPSA) is 58.0 Å². The lowest BCUT2D eigenvalue weighted by Gasteiger charge is -2.05. The van der Waals surface area contributed by atoms with Gasteiger partial charge in [0, 0.05) is 29.2 Å². The molecule has 1 aromatic rings. The van der Waals surface area contributed by atoms with E-state index in [-0.39, 0.29) is 24.3 Å².